The normalized spacial score (nSPS) is 14.5. The monoisotopic (exact) mass is 445 g/mol. The van der Waals surface area contributed by atoms with Crippen molar-refractivity contribution in [2.45, 2.75) is 40.8 Å². The van der Waals surface area contributed by atoms with Crippen molar-refractivity contribution in [3.63, 3.8) is 0 Å². The maximum atomic E-state index is 13.5. The van der Waals surface area contributed by atoms with Gasteiger partial charge in [0.1, 0.15) is 5.69 Å². The molecule has 0 radical (unpaired) electrons. The zero-order chi connectivity index (χ0) is 23.4. The lowest BCUT2D eigenvalue weighted by Crippen LogP contribution is -2.46. The highest BCUT2D eigenvalue weighted by molar-refractivity contribution is 5.96. The second kappa shape index (κ2) is 10.2. The van der Waals surface area contributed by atoms with Crippen molar-refractivity contribution >= 4 is 11.6 Å². The molecular formula is C27H35N5O. The lowest BCUT2D eigenvalue weighted by molar-refractivity contribution is 0.0941. The van der Waals surface area contributed by atoms with E-state index in [9.17, 15) is 4.79 Å². The highest BCUT2D eigenvalue weighted by Gasteiger charge is 2.27. The van der Waals surface area contributed by atoms with Crippen LogP contribution in [0.2, 0.25) is 0 Å². The number of benzene rings is 1. The summed E-state index contributed by atoms with van der Waals surface area (Å²) >= 11 is 0. The van der Waals surface area contributed by atoms with Gasteiger partial charge < -0.3 is 19.7 Å². The largest absolute Gasteiger partial charge is 0.367 e. The molecule has 1 fully saturated rings. The van der Waals surface area contributed by atoms with Crippen molar-refractivity contribution in [2.24, 2.45) is 0 Å². The van der Waals surface area contributed by atoms with Gasteiger partial charge in [0, 0.05) is 62.9 Å². The van der Waals surface area contributed by atoms with E-state index in [1.54, 1.807) is 12.4 Å². The van der Waals surface area contributed by atoms with Crippen LogP contribution in [0.3, 0.4) is 0 Å². The van der Waals surface area contributed by atoms with E-state index in [0.717, 1.165) is 55.2 Å². The Morgan fingerprint density at radius 3 is 2.45 bits per heavy atom. The van der Waals surface area contributed by atoms with Crippen molar-refractivity contribution in [3.05, 3.63) is 82.4 Å². The van der Waals surface area contributed by atoms with E-state index >= 15 is 0 Å². The Morgan fingerprint density at radius 2 is 1.79 bits per heavy atom. The van der Waals surface area contributed by atoms with Gasteiger partial charge in [-0.1, -0.05) is 42.8 Å². The summed E-state index contributed by atoms with van der Waals surface area (Å²) in [5.41, 5.74) is 7.62. The Hall–Kier alpha value is -3.12. The second-order valence-corrected chi connectivity index (χ2v) is 8.95. The van der Waals surface area contributed by atoms with Crippen LogP contribution in [0.4, 0.5) is 5.69 Å². The molecule has 0 saturated carbocycles. The van der Waals surface area contributed by atoms with E-state index in [0.29, 0.717) is 13.1 Å². The fourth-order valence-electron chi connectivity index (χ4n) is 4.89. The first-order valence-electron chi connectivity index (χ1n) is 11.9. The lowest BCUT2D eigenvalue weighted by Gasteiger charge is -2.36. The minimum Gasteiger partial charge on any atom is -0.367 e. The van der Waals surface area contributed by atoms with E-state index in [1.165, 1.54) is 16.8 Å². The number of aryl methyl sites for hydroxylation is 1. The topological polar surface area (TPSA) is 53.4 Å². The van der Waals surface area contributed by atoms with Crippen LogP contribution >= 0.6 is 0 Å². The third-order valence-electron chi connectivity index (χ3n) is 6.68. The molecule has 3 heterocycles. The van der Waals surface area contributed by atoms with Gasteiger partial charge in [-0.2, -0.15) is 0 Å². The van der Waals surface area contributed by atoms with Crippen LogP contribution in [0, 0.1) is 20.8 Å². The highest BCUT2D eigenvalue weighted by Crippen LogP contribution is 2.32. The Balaban J connectivity index is 1.67. The molecule has 0 unspecified atom stereocenters. The molecule has 1 aliphatic rings. The number of nitrogens with one attached hydrogen (secondary N) is 1. The van der Waals surface area contributed by atoms with Gasteiger partial charge in [0.15, 0.2) is 0 Å². The number of hydrogen-bond acceptors (Lipinski definition) is 4. The molecule has 1 saturated heterocycles. The first kappa shape index (κ1) is 23.1. The summed E-state index contributed by atoms with van der Waals surface area (Å²) in [4.78, 5) is 22.6. The van der Waals surface area contributed by atoms with Crippen molar-refractivity contribution < 1.29 is 4.79 Å². The average molecular weight is 446 g/mol. The summed E-state index contributed by atoms with van der Waals surface area (Å²) in [5, 5.41) is 3.13. The number of anilines is 1. The summed E-state index contributed by atoms with van der Waals surface area (Å²) in [6.07, 6.45) is 3.54. The number of hydrogen-bond donors (Lipinski definition) is 1. The van der Waals surface area contributed by atoms with Crippen LogP contribution in [-0.2, 0) is 13.1 Å². The van der Waals surface area contributed by atoms with Crippen molar-refractivity contribution in [3.8, 4) is 0 Å². The van der Waals surface area contributed by atoms with Gasteiger partial charge >= 0.3 is 0 Å². The Morgan fingerprint density at radius 1 is 1.03 bits per heavy atom. The van der Waals surface area contributed by atoms with Gasteiger partial charge in [0.2, 0.25) is 0 Å². The molecule has 0 aliphatic carbocycles. The highest BCUT2D eigenvalue weighted by atomic mass is 16.1. The molecular weight excluding hydrogens is 410 g/mol. The van der Waals surface area contributed by atoms with Gasteiger partial charge in [-0.15, -0.1) is 0 Å². The van der Waals surface area contributed by atoms with Crippen LogP contribution in [0.5, 0.6) is 0 Å². The van der Waals surface area contributed by atoms with Crippen LogP contribution in [0.1, 0.15) is 45.4 Å². The molecule has 0 atom stereocenters. The minimum absolute atomic E-state index is 0.0365. The quantitative estimate of drug-likeness (QED) is 0.599. The van der Waals surface area contributed by atoms with Crippen molar-refractivity contribution in [2.75, 3.05) is 37.6 Å². The molecule has 4 rings (SSSR count). The molecule has 1 amide bonds. The number of amides is 1. The molecule has 33 heavy (non-hydrogen) atoms. The number of pyridine rings is 1. The number of likely N-dealkylation sites (N-methyl/N-ethyl adjacent to an activating group) is 1. The predicted octanol–water partition coefficient (Wildman–Crippen LogP) is 3.93. The van der Waals surface area contributed by atoms with Crippen LogP contribution < -0.4 is 10.2 Å². The smallest absolute Gasteiger partial charge is 0.268 e. The number of piperazine rings is 1. The molecule has 3 aromatic rings. The summed E-state index contributed by atoms with van der Waals surface area (Å²) in [5.74, 6) is -0.0365. The minimum atomic E-state index is -0.0365. The van der Waals surface area contributed by atoms with E-state index in [1.807, 2.05) is 12.1 Å². The van der Waals surface area contributed by atoms with E-state index < -0.39 is 0 Å². The molecule has 2 aromatic heterocycles. The van der Waals surface area contributed by atoms with Crippen molar-refractivity contribution in [1.82, 2.24) is 19.8 Å². The number of aromatic nitrogens is 2. The third-order valence-corrected chi connectivity index (χ3v) is 6.68. The summed E-state index contributed by atoms with van der Waals surface area (Å²) in [6, 6.07) is 12.4. The standard InChI is InChI=1S/C27H35N5O/c1-5-30-12-14-31(15-13-30)25-21(3)26(27(33)29-18-24-10-7-11-28-17-24)32(22(25)4)19-23-9-6-8-20(2)16-23/h6-11,16-17H,5,12-15,18-19H2,1-4H3,(H,29,33). The zero-order valence-electron chi connectivity index (χ0n) is 20.3. The van der Waals surface area contributed by atoms with Crippen molar-refractivity contribution in [1.29, 1.82) is 0 Å². The average Bonchev–Trinajstić information content (AvgIpc) is 3.07. The first-order chi connectivity index (χ1) is 16.0. The van der Waals surface area contributed by atoms with Crippen LogP contribution in [0.15, 0.2) is 48.8 Å². The van der Waals surface area contributed by atoms with Gasteiger partial charge in [0.25, 0.3) is 5.91 Å². The van der Waals surface area contributed by atoms with Gasteiger partial charge in [-0.3, -0.25) is 9.78 Å². The van der Waals surface area contributed by atoms with E-state index in [2.05, 4.69) is 76.6 Å². The molecule has 6 heteroatoms. The first-order valence-corrected chi connectivity index (χ1v) is 11.9. The number of nitrogens with zero attached hydrogens (tertiary/aromatic N) is 4. The molecule has 1 aromatic carbocycles. The summed E-state index contributed by atoms with van der Waals surface area (Å²) < 4.78 is 2.20. The molecule has 6 nitrogen and oxygen atoms in total. The number of carbonyl (C=O) groups excluding carboxylic acids is 1. The summed E-state index contributed by atoms with van der Waals surface area (Å²) in [6.45, 7) is 14.9. The maximum absolute atomic E-state index is 13.5. The third kappa shape index (κ3) is 5.11. The van der Waals surface area contributed by atoms with Crippen LogP contribution in [-0.4, -0.2) is 53.1 Å². The van der Waals surface area contributed by atoms with Gasteiger partial charge in [-0.25, -0.2) is 0 Å². The zero-order valence-corrected chi connectivity index (χ0v) is 20.3. The number of carbonyl (C=O) groups is 1. The lowest BCUT2D eigenvalue weighted by atomic mass is 10.1. The Kier molecular flexibility index (Phi) is 7.14. The van der Waals surface area contributed by atoms with E-state index in [4.69, 9.17) is 0 Å². The molecule has 1 N–H and O–H groups in total. The number of rotatable bonds is 7. The molecule has 0 spiro atoms. The molecule has 174 valence electrons. The SMILES string of the molecule is CCN1CCN(c2c(C)c(C(=O)NCc3cccnc3)n(Cc3cccc(C)c3)c2C)CC1. The van der Waals surface area contributed by atoms with Gasteiger partial charge in [0.05, 0.1) is 5.69 Å². The fraction of sp³-hybridized carbons (Fsp3) is 0.407. The van der Waals surface area contributed by atoms with Gasteiger partial charge in [-0.05, 0) is 44.5 Å². The molecule has 1 aliphatic heterocycles. The molecule has 0 bridgehead atoms. The Labute approximate surface area is 197 Å². The fourth-order valence-corrected chi connectivity index (χ4v) is 4.89. The second-order valence-electron chi connectivity index (χ2n) is 8.95. The Bertz CT molecular complexity index is 1100. The van der Waals surface area contributed by atoms with E-state index in [-0.39, 0.29) is 5.91 Å². The summed E-state index contributed by atoms with van der Waals surface area (Å²) in [7, 11) is 0. The maximum Gasteiger partial charge on any atom is 0.268 e. The van der Waals surface area contributed by atoms with Crippen LogP contribution in [0.25, 0.3) is 0 Å². The predicted molar refractivity (Wildman–Crippen MR) is 134 cm³/mol.